The third kappa shape index (κ3) is 9.64. The Balaban J connectivity index is 1.46. The minimum absolute atomic E-state index is 0.0203. The molecule has 16 nitrogen and oxygen atoms in total. The highest BCUT2D eigenvalue weighted by Gasteiger charge is 2.49. The van der Waals surface area contributed by atoms with Gasteiger partial charge in [-0.2, -0.15) is 0 Å². The molecule has 1 unspecified atom stereocenters. The lowest BCUT2D eigenvalue weighted by atomic mass is 10.1. The predicted molar refractivity (Wildman–Crippen MR) is 207 cm³/mol. The number of nitrogens with one attached hydrogen (secondary N) is 2. The van der Waals surface area contributed by atoms with E-state index in [0.717, 1.165) is 0 Å². The number of phosphoric ester groups is 1. The fraction of sp³-hybridized carbons (Fsp3) is 0.771. The van der Waals surface area contributed by atoms with Crippen molar-refractivity contribution in [3.8, 4) is 0 Å². The van der Waals surface area contributed by atoms with E-state index in [-0.39, 0.29) is 42.7 Å². The summed E-state index contributed by atoms with van der Waals surface area (Å²) < 4.78 is 61.9. The fourth-order valence-electron chi connectivity index (χ4n) is 6.08. The van der Waals surface area contributed by atoms with Crippen LogP contribution in [-0.2, 0) is 42.9 Å². The van der Waals surface area contributed by atoms with Gasteiger partial charge in [0.15, 0.2) is 16.6 Å². The van der Waals surface area contributed by atoms with Crippen LogP contribution in [0.4, 0.5) is 0 Å². The summed E-state index contributed by atoms with van der Waals surface area (Å²) in [4.78, 5) is 55.6. The van der Waals surface area contributed by atoms with E-state index in [9.17, 15) is 23.7 Å². The van der Waals surface area contributed by atoms with Crippen molar-refractivity contribution in [2.24, 2.45) is 0 Å². The molecule has 0 amide bonds. The SMILES string of the molecule is Cc1cn([C@H]2C[C@H](OP3(=O)OCCCCc4cn(c(=O)[nH]c4=O)[C@H]4C[C@H](O[Si](C)(C)C(C)(C)C)[C@@H](CO3)O4)[C@@H](CO[Si](C)(C)C(C)(C)C)O2)c(=O)[nH]c1=O. The van der Waals surface area contributed by atoms with Gasteiger partial charge in [-0.1, -0.05) is 41.5 Å². The second-order valence-electron chi connectivity index (χ2n) is 17.7. The van der Waals surface area contributed by atoms with Crippen LogP contribution in [0.5, 0.6) is 0 Å². The Hall–Kier alpha value is -2.26. The van der Waals surface area contributed by atoms with Crippen LogP contribution in [0.15, 0.2) is 31.6 Å². The molecule has 3 aliphatic heterocycles. The lowest BCUT2D eigenvalue weighted by Crippen LogP contribution is -2.46. The smallest absolute Gasteiger partial charge is 0.414 e. The number of ether oxygens (including phenoxy) is 2. The van der Waals surface area contributed by atoms with E-state index in [1.165, 1.54) is 15.3 Å². The normalized spacial score (nSPS) is 28.9. The van der Waals surface area contributed by atoms with Crippen LogP contribution in [0.3, 0.4) is 0 Å². The van der Waals surface area contributed by atoms with E-state index < -0.39 is 83.8 Å². The number of aryl methyl sites for hydroxylation is 2. The number of hydrogen-bond donors (Lipinski definition) is 2. The summed E-state index contributed by atoms with van der Waals surface area (Å²) in [6.45, 7) is 22.5. The number of rotatable bonds is 8. The molecule has 19 heteroatoms. The summed E-state index contributed by atoms with van der Waals surface area (Å²) in [5.74, 6) is 0. The van der Waals surface area contributed by atoms with Crippen molar-refractivity contribution in [1.82, 2.24) is 19.1 Å². The maximum atomic E-state index is 14.7. The van der Waals surface area contributed by atoms with Crippen LogP contribution < -0.4 is 22.5 Å². The molecular formula is C35H59N4O12PSi2. The van der Waals surface area contributed by atoms with E-state index in [2.05, 4.69) is 77.7 Å². The van der Waals surface area contributed by atoms with Crippen LogP contribution in [0.1, 0.15) is 90.8 Å². The molecule has 54 heavy (non-hydrogen) atoms. The maximum absolute atomic E-state index is 14.7. The number of fused-ring (bicyclic) bond motifs is 5. The highest BCUT2D eigenvalue weighted by Crippen LogP contribution is 2.54. The average molecular weight is 815 g/mol. The van der Waals surface area contributed by atoms with Gasteiger partial charge in [-0.05, 0) is 62.5 Å². The van der Waals surface area contributed by atoms with E-state index >= 15 is 0 Å². The van der Waals surface area contributed by atoms with Crippen molar-refractivity contribution in [2.45, 2.75) is 154 Å². The number of hydrogen-bond acceptors (Lipinski definition) is 12. The molecule has 0 radical (unpaired) electrons. The van der Waals surface area contributed by atoms with Gasteiger partial charge >= 0.3 is 19.2 Å². The summed E-state index contributed by atoms with van der Waals surface area (Å²) >= 11 is 0. The minimum Gasteiger partial charge on any atom is -0.414 e. The van der Waals surface area contributed by atoms with Gasteiger partial charge in [-0.3, -0.25) is 42.3 Å². The molecule has 2 aromatic rings. The Morgan fingerprint density at radius 2 is 1.41 bits per heavy atom. The van der Waals surface area contributed by atoms with Crippen molar-refractivity contribution >= 4 is 24.5 Å². The molecule has 2 saturated heterocycles. The van der Waals surface area contributed by atoms with Gasteiger partial charge in [0.25, 0.3) is 11.1 Å². The summed E-state index contributed by atoms with van der Waals surface area (Å²) in [7, 11) is -9.05. The number of aromatic amines is 2. The lowest BCUT2D eigenvalue weighted by Gasteiger charge is -2.39. The first kappa shape index (κ1) is 42.9. The number of H-pyrrole nitrogens is 2. The van der Waals surface area contributed by atoms with Crippen LogP contribution in [0, 0.1) is 6.92 Å². The molecule has 0 aliphatic carbocycles. The summed E-state index contributed by atoms with van der Waals surface area (Å²) in [5, 5.41) is -0.261. The second-order valence-corrected chi connectivity index (χ2v) is 28.9. The molecule has 5 heterocycles. The van der Waals surface area contributed by atoms with E-state index in [4.69, 9.17) is 31.9 Å². The Kier molecular flexibility index (Phi) is 12.7. The molecule has 2 fully saturated rings. The molecule has 4 bridgehead atoms. The van der Waals surface area contributed by atoms with Crippen LogP contribution in [-0.4, -0.2) is 80.0 Å². The van der Waals surface area contributed by atoms with Gasteiger partial charge in [0.05, 0.1) is 25.9 Å². The number of phosphoric acid groups is 1. The second kappa shape index (κ2) is 15.9. The molecule has 0 spiro atoms. The fourth-order valence-corrected chi connectivity index (χ4v) is 9.89. The van der Waals surface area contributed by atoms with E-state index in [1.807, 2.05) is 0 Å². The standard InChI is InChI=1S/C35H59N4O12PSi2/c1-22-18-38(32(42)36-30(22)40)28-16-24(27(49-28)21-47-53(8,9)34(2,3)4)50-52(44)45-15-13-12-14-23-19-39(33(43)37-31(23)41)29-17-25(26(48-29)20-46-52)51-54(10,11)35(5,6)7/h18-19,24-29H,12-17,20-21H2,1-11H3,(H,36,40,42)(H,37,41,43)/t24-,25-,26+,27+,28+,29+,52?/m0/s1. The van der Waals surface area contributed by atoms with Gasteiger partial charge in [-0.15, -0.1) is 0 Å². The molecule has 3 aliphatic rings. The Morgan fingerprint density at radius 3 is 2.06 bits per heavy atom. The first-order chi connectivity index (χ1) is 24.9. The monoisotopic (exact) mass is 814 g/mol. The first-order valence-corrected chi connectivity index (χ1v) is 26.0. The Labute approximate surface area is 318 Å². The summed E-state index contributed by atoms with van der Waals surface area (Å²) in [5.41, 5.74) is -1.47. The zero-order valence-electron chi connectivity index (χ0n) is 33.5. The first-order valence-electron chi connectivity index (χ1n) is 18.8. The predicted octanol–water partition coefficient (Wildman–Crippen LogP) is 5.25. The van der Waals surface area contributed by atoms with Crippen LogP contribution >= 0.6 is 7.82 Å². The van der Waals surface area contributed by atoms with Crippen molar-refractivity contribution in [3.63, 3.8) is 0 Å². The molecule has 5 rings (SSSR count). The van der Waals surface area contributed by atoms with Crippen molar-refractivity contribution in [2.75, 3.05) is 19.8 Å². The van der Waals surface area contributed by atoms with Crippen molar-refractivity contribution in [1.29, 1.82) is 0 Å². The number of nitrogens with zero attached hydrogens (tertiary/aromatic N) is 2. The largest absolute Gasteiger partial charge is 0.475 e. The third-order valence-electron chi connectivity index (χ3n) is 11.6. The molecule has 7 atom stereocenters. The highest BCUT2D eigenvalue weighted by atomic mass is 31.2. The topological polar surface area (TPSA) is 191 Å². The van der Waals surface area contributed by atoms with Gasteiger partial charge in [-0.25, -0.2) is 14.2 Å². The quantitative estimate of drug-likeness (QED) is 0.261. The minimum atomic E-state index is -4.38. The molecule has 2 N–H and O–H groups in total. The molecular weight excluding hydrogens is 756 g/mol. The van der Waals surface area contributed by atoms with Crippen LogP contribution in [0.2, 0.25) is 36.3 Å². The maximum Gasteiger partial charge on any atom is 0.475 e. The molecule has 304 valence electrons. The summed E-state index contributed by atoms with van der Waals surface area (Å²) in [6, 6.07) is 0. The van der Waals surface area contributed by atoms with Crippen molar-refractivity contribution < 1.29 is 36.5 Å². The molecule has 0 aromatic carbocycles. The van der Waals surface area contributed by atoms with Gasteiger partial charge in [0.2, 0.25) is 0 Å². The van der Waals surface area contributed by atoms with Crippen LogP contribution in [0.25, 0.3) is 0 Å². The van der Waals surface area contributed by atoms with Gasteiger partial charge in [0, 0.05) is 36.4 Å². The van der Waals surface area contributed by atoms with E-state index in [0.29, 0.717) is 30.4 Å². The average Bonchev–Trinajstić information content (AvgIpc) is 3.63. The Bertz CT molecular complexity index is 1950. The highest BCUT2D eigenvalue weighted by molar-refractivity contribution is 7.48. The van der Waals surface area contributed by atoms with Gasteiger partial charge < -0.3 is 18.3 Å². The lowest BCUT2D eigenvalue weighted by molar-refractivity contribution is -0.0581. The van der Waals surface area contributed by atoms with Crippen molar-refractivity contribution in [3.05, 3.63) is 65.2 Å². The van der Waals surface area contributed by atoms with E-state index in [1.54, 1.807) is 13.1 Å². The number of aromatic nitrogens is 4. The molecule has 0 saturated carbocycles. The zero-order valence-corrected chi connectivity index (χ0v) is 36.4. The zero-order chi connectivity index (χ0) is 40.0. The molecule has 2 aromatic heterocycles. The third-order valence-corrected chi connectivity index (χ3v) is 22.1. The Morgan fingerprint density at radius 1 is 0.815 bits per heavy atom. The summed E-state index contributed by atoms with van der Waals surface area (Å²) in [6.07, 6.45) is -0.0776. The van der Waals surface area contributed by atoms with Gasteiger partial charge in [0.1, 0.15) is 30.8 Å².